The summed E-state index contributed by atoms with van der Waals surface area (Å²) in [5.41, 5.74) is 0. The molecule has 6 heteroatoms. The molecule has 2 atom stereocenters. The third kappa shape index (κ3) is 4.15. The lowest BCUT2D eigenvalue weighted by Gasteiger charge is -2.37. The van der Waals surface area contributed by atoms with Crippen molar-refractivity contribution in [2.24, 2.45) is 5.92 Å². The van der Waals surface area contributed by atoms with Gasteiger partial charge in [-0.15, -0.1) is 0 Å². The molecule has 0 aliphatic carbocycles. The highest BCUT2D eigenvalue weighted by atomic mass is 19.4. The maximum atomic E-state index is 12.6. The molecule has 0 aromatic carbocycles. The van der Waals surface area contributed by atoms with E-state index in [1.165, 1.54) is 0 Å². The number of likely N-dealkylation sites (tertiary alicyclic amines) is 1. The number of rotatable bonds is 5. The average Bonchev–Trinajstić information content (AvgIpc) is 2.26. The van der Waals surface area contributed by atoms with Gasteiger partial charge in [-0.05, 0) is 25.8 Å². The molecule has 1 saturated heterocycles. The van der Waals surface area contributed by atoms with Crippen LogP contribution in [-0.4, -0.2) is 41.3 Å². The van der Waals surface area contributed by atoms with E-state index in [4.69, 9.17) is 5.11 Å². The van der Waals surface area contributed by atoms with Crippen molar-refractivity contribution in [1.82, 2.24) is 4.90 Å². The van der Waals surface area contributed by atoms with Gasteiger partial charge in [-0.25, -0.2) is 0 Å². The minimum atomic E-state index is -4.67. The number of aliphatic carboxylic acids is 1. The molecule has 1 fully saturated rings. The summed E-state index contributed by atoms with van der Waals surface area (Å²) < 4.78 is 37.9. The molecule has 3 nitrogen and oxygen atoms in total. The van der Waals surface area contributed by atoms with Gasteiger partial charge < -0.3 is 5.11 Å². The molecule has 0 radical (unpaired) electrons. The van der Waals surface area contributed by atoms with Gasteiger partial charge in [0.15, 0.2) is 5.92 Å². The first kappa shape index (κ1) is 15.3. The van der Waals surface area contributed by atoms with Crippen LogP contribution >= 0.6 is 0 Å². The molecule has 0 aromatic rings. The molecule has 0 aromatic heterocycles. The average molecular weight is 267 g/mol. The molecule has 0 amide bonds. The van der Waals surface area contributed by atoms with Crippen LogP contribution in [0.2, 0.25) is 0 Å². The van der Waals surface area contributed by atoms with Gasteiger partial charge in [0.2, 0.25) is 0 Å². The number of carboxylic acid groups (broad SMARTS) is 1. The summed E-state index contributed by atoms with van der Waals surface area (Å²) >= 11 is 0. The van der Waals surface area contributed by atoms with E-state index in [1.807, 2.05) is 6.92 Å². The molecule has 0 bridgehead atoms. The molecule has 0 saturated carbocycles. The van der Waals surface area contributed by atoms with Crippen LogP contribution in [0.25, 0.3) is 0 Å². The Labute approximate surface area is 105 Å². The fourth-order valence-electron chi connectivity index (χ4n) is 2.52. The Morgan fingerprint density at radius 3 is 2.61 bits per heavy atom. The van der Waals surface area contributed by atoms with Crippen molar-refractivity contribution in [3.05, 3.63) is 0 Å². The van der Waals surface area contributed by atoms with Gasteiger partial charge in [-0.2, -0.15) is 13.2 Å². The summed E-state index contributed by atoms with van der Waals surface area (Å²) in [6.07, 6.45) is -0.178. The summed E-state index contributed by atoms with van der Waals surface area (Å²) in [5, 5.41) is 8.71. The number of nitrogens with zero attached hydrogens (tertiary/aromatic N) is 1. The van der Waals surface area contributed by atoms with Crippen molar-refractivity contribution in [2.75, 3.05) is 13.1 Å². The molecular formula is C12H20F3NO2. The second-order valence-corrected chi connectivity index (χ2v) is 4.87. The zero-order chi connectivity index (χ0) is 13.8. The summed E-state index contributed by atoms with van der Waals surface area (Å²) in [4.78, 5) is 12.4. The molecule has 1 aliphatic rings. The highest BCUT2D eigenvalue weighted by Gasteiger charge is 2.46. The van der Waals surface area contributed by atoms with Crippen LogP contribution in [0.3, 0.4) is 0 Å². The fraction of sp³-hybridized carbons (Fsp3) is 0.917. The van der Waals surface area contributed by atoms with Crippen molar-refractivity contribution < 1.29 is 23.1 Å². The van der Waals surface area contributed by atoms with E-state index in [1.54, 1.807) is 4.90 Å². The van der Waals surface area contributed by atoms with E-state index < -0.39 is 24.6 Å². The summed E-state index contributed by atoms with van der Waals surface area (Å²) in [6, 6.07) is 0.105. The smallest absolute Gasteiger partial charge is 0.403 e. The van der Waals surface area contributed by atoms with Crippen molar-refractivity contribution in [3.8, 4) is 0 Å². The van der Waals surface area contributed by atoms with Gasteiger partial charge in [0.05, 0.1) is 0 Å². The maximum absolute atomic E-state index is 12.6. The van der Waals surface area contributed by atoms with Crippen LogP contribution in [0, 0.1) is 5.92 Å². The van der Waals surface area contributed by atoms with E-state index in [2.05, 4.69) is 0 Å². The molecule has 1 heterocycles. The van der Waals surface area contributed by atoms with Crippen LogP contribution in [0.1, 0.15) is 39.0 Å². The second kappa shape index (κ2) is 6.41. The molecule has 1 aliphatic heterocycles. The number of hydrogen-bond acceptors (Lipinski definition) is 2. The Hall–Kier alpha value is -0.780. The zero-order valence-electron chi connectivity index (χ0n) is 10.5. The van der Waals surface area contributed by atoms with Crippen LogP contribution in [-0.2, 0) is 4.79 Å². The molecule has 2 unspecified atom stereocenters. The molecule has 1 rings (SSSR count). The number of carboxylic acids is 1. The maximum Gasteiger partial charge on any atom is 0.403 e. The Morgan fingerprint density at radius 1 is 1.44 bits per heavy atom. The number of carbonyl (C=O) groups is 1. The van der Waals surface area contributed by atoms with Gasteiger partial charge in [0.25, 0.3) is 0 Å². The highest BCUT2D eigenvalue weighted by Crippen LogP contribution is 2.30. The van der Waals surface area contributed by atoms with Gasteiger partial charge in [-0.3, -0.25) is 9.69 Å². The summed E-state index contributed by atoms with van der Waals surface area (Å²) in [5.74, 6) is -4.04. The summed E-state index contributed by atoms with van der Waals surface area (Å²) in [6.45, 7) is 2.15. The first-order chi connectivity index (χ1) is 8.36. The SMILES string of the molecule is CCCC1CCCCN1CC(C(=O)O)C(F)(F)F. The Balaban J connectivity index is 2.69. The van der Waals surface area contributed by atoms with Crippen LogP contribution in [0.5, 0.6) is 0 Å². The summed E-state index contributed by atoms with van der Waals surface area (Å²) in [7, 11) is 0. The van der Waals surface area contributed by atoms with E-state index in [9.17, 15) is 18.0 Å². The van der Waals surface area contributed by atoms with E-state index in [-0.39, 0.29) is 6.04 Å². The van der Waals surface area contributed by atoms with Crippen LogP contribution in [0.4, 0.5) is 13.2 Å². The van der Waals surface area contributed by atoms with Crippen molar-refractivity contribution in [1.29, 1.82) is 0 Å². The predicted molar refractivity (Wildman–Crippen MR) is 61.3 cm³/mol. The zero-order valence-corrected chi connectivity index (χ0v) is 10.5. The van der Waals surface area contributed by atoms with Gasteiger partial charge in [-0.1, -0.05) is 19.8 Å². The molecule has 106 valence electrons. The molecular weight excluding hydrogens is 247 g/mol. The lowest BCUT2D eigenvalue weighted by Crippen LogP contribution is -2.47. The van der Waals surface area contributed by atoms with Crippen molar-refractivity contribution in [2.45, 2.75) is 51.2 Å². The number of hydrogen-bond donors (Lipinski definition) is 1. The third-order valence-corrected chi connectivity index (χ3v) is 3.48. The number of halogens is 3. The Kier molecular flexibility index (Phi) is 5.44. The minimum Gasteiger partial charge on any atom is -0.481 e. The Bertz CT molecular complexity index is 279. The van der Waals surface area contributed by atoms with E-state index in [0.717, 1.165) is 32.1 Å². The van der Waals surface area contributed by atoms with Gasteiger partial charge >= 0.3 is 12.1 Å². The highest BCUT2D eigenvalue weighted by molar-refractivity contribution is 5.71. The number of piperidine rings is 1. The second-order valence-electron chi connectivity index (χ2n) is 4.87. The topological polar surface area (TPSA) is 40.5 Å². The van der Waals surface area contributed by atoms with Crippen LogP contribution in [0.15, 0.2) is 0 Å². The van der Waals surface area contributed by atoms with E-state index >= 15 is 0 Å². The van der Waals surface area contributed by atoms with Gasteiger partial charge in [0.1, 0.15) is 0 Å². The van der Waals surface area contributed by atoms with E-state index in [0.29, 0.717) is 6.54 Å². The molecule has 1 N–H and O–H groups in total. The predicted octanol–water partition coefficient (Wildman–Crippen LogP) is 2.90. The monoisotopic (exact) mass is 267 g/mol. The van der Waals surface area contributed by atoms with Crippen LogP contribution < -0.4 is 0 Å². The molecule has 18 heavy (non-hydrogen) atoms. The largest absolute Gasteiger partial charge is 0.481 e. The fourth-order valence-corrected chi connectivity index (χ4v) is 2.52. The quantitative estimate of drug-likeness (QED) is 0.832. The lowest BCUT2D eigenvalue weighted by atomic mass is 9.96. The van der Waals surface area contributed by atoms with Gasteiger partial charge in [0, 0.05) is 12.6 Å². The first-order valence-electron chi connectivity index (χ1n) is 6.39. The third-order valence-electron chi connectivity index (χ3n) is 3.48. The number of alkyl halides is 3. The Morgan fingerprint density at radius 2 is 2.11 bits per heavy atom. The standard InChI is InChI=1S/C12H20F3NO2/c1-2-5-9-6-3-4-7-16(9)8-10(11(17)18)12(13,14)15/h9-10H,2-8H2,1H3,(H,17,18). The molecule has 0 spiro atoms. The first-order valence-corrected chi connectivity index (χ1v) is 6.39. The van der Waals surface area contributed by atoms with Crippen molar-refractivity contribution in [3.63, 3.8) is 0 Å². The van der Waals surface area contributed by atoms with Crippen molar-refractivity contribution >= 4 is 5.97 Å². The minimum absolute atomic E-state index is 0.105. The lowest BCUT2D eigenvalue weighted by molar-refractivity contribution is -0.198. The normalized spacial score (nSPS) is 23.9.